The number of amides is 2. The second-order valence-electron chi connectivity index (χ2n) is 4.44. The van der Waals surface area contributed by atoms with Gasteiger partial charge >= 0.3 is 11.8 Å². The second-order valence-corrected chi connectivity index (χ2v) is 5.47. The number of thiophene rings is 1. The lowest BCUT2D eigenvalue weighted by Gasteiger charge is -2.09. The molecule has 2 heterocycles. The molecule has 0 spiro atoms. The van der Waals surface area contributed by atoms with E-state index in [4.69, 9.17) is 4.42 Å². The van der Waals surface area contributed by atoms with E-state index in [1.165, 1.54) is 11.3 Å². The molecule has 7 heteroatoms. The Bertz CT molecular complexity index is 606. The van der Waals surface area contributed by atoms with Gasteiger partial charge in [0.15, 0.2) is 0 Å². The molecule has 6 nitrogen and oxygen atoms in total. The van der Waals surface area contributed by atoms with Crippen molar-refractivity contribution in [3.05, 3.63) is 46.0 Å². The number of aliphatic hydroxyl groups excluding tert-OH is 1. The first-order chi connectivity index (χ1) is 10.1. The number of carbonyl (C=O) groups excluding carboxylic acids is 2. The summed E-state index contributed by atoms with van der Waals surface area (Å²) < 4.78 is 5.23. The van der Waals surface area contributed by atoms with Crippen LogP contribution in [0.4, 0.5) is 0 Å². The summed E-state index contributed by atoms with van der Waals surface area (Å²) in [4.78, 5) is 24.1. The van der Waals surface area contributed by atoms with Gasteiger partial charge in [-0.25, -0.2) is 0 Å². The average Bonchev–Trinajstić information content (AvgIpc) is 3.13. The summed E-state index contributed by atoms with van der Waals surface area (Å²) in [5.41, 5.74) is 0. The highest BCUT2D eigenvalue weighted by atomic mass is 32.1. The van der Waals surface area contributed by atoms with Crippen LogP contribution in [0.15, 0.2) is 34.1 Å². The van der Waals surface area contributed by atoms with Crippen LogP contribution < -0.4 is 10.6 Å². The standard InChI is InChI=1S/C14H16N2O4S/c1-9-4-5-12(20-9)11(17)8-16-14(19)13(18)15-7-10-3-2-6-21-10/h2-6,11,17H,7-8H2,1H3,(H,15,18)(H,16,19)/t11-/m1/s1. The van der Waals surface area contributed by atoms with Crippen molar-refractivity contribution in [3.63, 3.8) is 0 Å². The Labute approximate surface area is 125 Å². The van der Waals surface area contributed by atoms with Crippen LogP contribution in [0.1, 0.15) is 22.5 Å². The number of rotatable bonds is 5. The number of aliphatic hydroxyl groups is 1. The lowest BCUT2D eigenvalue weighted by atomic mass is 10.2. The zero-order valence-corrected chi connectivity index (χ0v) is 12.3. The molecular formula is C14H16N2O4S. The molecule has 0 saturated carbocycles. The van der Waals surface area contributed by atoms with Crippen molar-refractivity contribution in [2.45, 2.75) is 19.6 Å². The smallest absolute Gasteiger partial charge is 0.309 e. The molecule has 2 aromatic heterocycles. The summed E-state index contributed by atoms with van der Waals surface area (Å²) in [6, 6.07) is 7.08. The van der Waals surface area contributed by atoms with Gasteiger partial charge < -0.3 is 20.2 Å². The molecule has 0 aliphatic heterocycles. The Morgan fingerprint density at radius 3 is 2.67 bits per heavy atom. The van der Waals surface area contributed by atoms with Gasteiger partial charge in [0.05, 0.1) is 13.1 Å². The fourth-order valence-corrected chi connectivity index (χ4v) is 2.31. The Morgan fingerprint density at radius 1 is 1.29 bits per heavy atom. The number of hydrogen-bond donors (Lipinski definition) is 3. The maximum atomic E-state index is 11.6. The molecule has 112 valence electrons. The Kier molecular flexibility index (Phi) is 5.13. The summed E-state index contributed by atoms with van der Waals surface area (Å²) in [6.45, 7) is 1.98. The van der Waals surface area contributed by atoms with Crippen molar-refractivity contribution in [2.75, 3.05) is 6.54 Å². The predicted octanol–water partition coefficient (Wildman–Crippen LogP) is 1.12. The minimum atomic E-state index is -0.979. The van der Waals surface area contributed by atoms with Gasteiger partial charge in [0.2, 0.25) is 0 Å². The predicted molar refractivity (Wildman–Crippen MR) is 77.6 cm³/mol. The number of hydrogen-bond acceptors (Lipinski definition) is 5. The lowest BCUT2D eigenvalue weighted by Crippen LogP contribution is -2.41. The van der Waals surface area contributed by atoms with E-state index in [1.54, 1.807) is 19.1 Å². The van der Waals surface area contributed by atoms with Crippen LogP contribution in [0.5, 0.6) is 0 Å². The molecule has 1 atom stereocenters. The Morgan fingerprint density at radius 2 is 2.05 bits per heavy atom. The molecule has 0 aliphatic rings. The first-order valence-corrected chi connectivity index (χ1v) is 7.27. The topological polar surface area (TPSA) is 91.6 Å². The molecule has 2 amide bonds. The molecule has 3 N–H and O–H groups in total. The number of furan rings is 1. The van der Waals surface area contributed by atoms with Gasteiger partial charge in [-0.15, -0.1) is 11.3 Å². The van der Waals surface area contributed by atoms with E-state index in [0.717, 1.165) is 4.88 Å². The van der Waals surface area contributed by atoms with Gasteiger partial charge in [-0.1, -0.05) is 6.07 Å². The zero-order valence-electron chi connectivity index (χ0n) is 11.5. The largest absolute Gasteiger partial charge is 0.464 e. The van der Waals surface area contributed by atoms with Gasteiger partial charge in [-0.05, 0) is 30.5 Å². The first-order valence-electron chi connectivity index (χ1n) is 6.39. The number of carbonyl (C=O) groups is 2. The maximum absolute atomic E-state index is 11.6. The third kappa shape index (κ3) is 4.44. The van der Waals surface area contributed by atoms with Crippen LogP contribution in [-0.2, 0) is 16.1 Å². The lowest BCUT2D eigenvalue weighted by molar-refractivity contribution is -0.139. The molecule has 0 aliphatic carbocycles. The molecule has 0 fully saturated rings. The molecule has 0 radical (unpaired) electrons. The summed E-state index contributed by atoms with van der Waals surface area (Å²) in [6.07, 6.45) is -0.979. The van der Waals surface area contributed by atoms with Gasteiger partial charge in [0, 0.05) is 4.88 Å². The molecule has 0 aromatic carbocycles. The van der Waals surface area contributed by atoms with Crippen LogP contribution >= 0.6 is 11.3 Å². The fourth-order valence-electron chi connectivity index (χ4n) is 1.66. The van der Waals surface area contributed by atoms with Crippen molar-refractivity contribution < 1.29 is 19.1 Å². The Hall–Kier alpha value is -2.12. The van der Waals surface area contributed by atoms with Crippen molar-refractivity contribution >= 4 is 23.2 Å². The van der Waals surface area contributed by atoms with Crippen LogP contribution in [0.3, 0.4) is 0 Å². The van der Waals surface area contributed by atoms with E-state index < -0.39 is 17.9 Å². The summed E-state index contributed by atoms with van der Waals surface area (Å²) in [7, 11) is 0. The highest BCUT2D eigenvalue weighted by molar-refractivity contribution is 7.09. The molecule has 2 aromatic rings. The third-order valence-electron chi connectivity index (χ3n) is 2.76. The maximum Gasteiger partial charge on any atom is 0.309 e. The van der Waals surface area contributed by atoms with Crippen molar-refractivity contribution in [1.29, 1.82) is 0 Å². The van der Waals surface area contributed by atoms with E-state index in [1.807, 2.05) is 17.5 Å². The van der Waals surface area contributed by atoms with E-state index in [-0.39, 0.29) is 6.54 Å². The minimum Gasteiger partial charge on any atom is -0.464 e. The normalized spacial score (nSPS) is 11.9. The minimum absolute atomic E-state index is 0.0851. The fraction of sp³-hybridized carbons (Fsp3) is 0.286. The quantitative estimate of drug-likeness (QED) is 0.722. The first kappa shape index (κ1) is 15.3. The van der Waals surface area contributed by atoms with Crippen molar-refractivity contribution in [3.8, 4) is 0 Å². The SMILES string of the molecule is Cc1ccc([C@H](O)CNC(=O)C(=O)NCc2cccs2)o1. The van der Waals surface area contributed by atoms with E-state index in [0.29, 0.717) is 18.1 Å². The van der Waals surface area contributed by atoms with Crippen molar-refractivity contribution in [1.82, 2.24) is 10.6 Å². The second kappa shape index (κ2) is 7.05. The monoisotopic (exact) mass is 308 g/mol. The van der Waals surface area contributed by atoms with E-state index in [9.17, 15) is 14.7 Å². The highest BCUT2D eigenvalue weighted by Crippen LogP contribution is 2.14. The summed E-state index contributed by atoms with van der Waals surface area (Å²) in [5.74, 6) is -0.490. The molecule has 0 saturated heterocycles. The van der Waals surface area contributed by atoms with Crippen LogP contribution in [0, 0.1) is 6.92 Å². The summed E-state index contributed by atoms with van der Waals surface area (Å²) >= 11 is 1.50. The van der Waals surface area contributed by atoms with E-state index >= 15 is 0 Å². The molecule has 21 heavy (non-hydrogen) atoms. The number of aryl methyl sites for hydroxylation is 1. The van der Waals surface area contributed by atoms with Crippen LogP contribution in [0.25, 0.3) is 0 Å². The number of nitrogens with one attached hydrogen (secondary N) is 2. The van der Waals surface area contributed by atoms with Gasteiger partial charge in [0.25, 0.3) is 0 Å². The van der Waals surface area contributed by atoms with Crippen LogP contribution in [0.2, 0.25) is 0 Å². The van der Waals surface area contributed by atoms with E-state index in [2.05, 4.69) is 10.6 Å². The molecular weight excluding hydrogens is 292 g/mol. The highest BCUT2D eigenvalue weighted by Gasteiger charge is 2.17. The summed E-state index contributed by atoms with van der Waals surface area (Å²) in [5, 5.41) is 16.6. The third-order valence-corrected chi connectivity index (χ3v) is 3.63. The van der Waals surface area contributed by atoms with Gasteiger partial charge in [-0.3, -0.25) is 9.59 Å². The Balaban J connectivity index is 1.74. The zero-order chi connectivity index (χ0) is 15.2. The molecule has 2 rings (SSSR count). The van der Waals surface area contributed by atoms with Crippen LogP contribution in [-0.4, -0.2) is 23.5 Å². The average molecular weight is 308 g/mol. The van der Waals surface area contributed by atoms with Crippen molar-refractivity contribution in [2.24, 2.45) is 0 Å². The molecule has 0 unspecified atom stereocenters. The molecule has 0 bridgehead atoms. The van der Waals surface area contributed by atoms with Gasteiger partial charge in [-0.2, -0.15) is 0 Å². The van der Waals surface area contributed by atoms with Gasteiger partial charge in [0.1, 0.15) is 17.6 Å².